The maximum absolute atomic E-state index is 11.7. The first kappa shape index (κ1) is 13.9. The third-order valence-electron chi connectivity index (χ3n) is 2.39. The molecule has 0 spiro atoms. The SMILES string of the molecule is CC(=O)NC(Cn1c(C)cc(C)nc1=O)C(=O)O. The van der Waals surface area contributed by atoms with Gasteiger partial charge in [0.1, 0.15) is 6.04 Å². The van der Waals surface area contributed by atoms with Crippen LogP contribution in [0.2, 0.25) is 0 Å². The molecule has 7 nitrogen and oxygen atoms in total. The van der Waals surface area contributed by atoms with Gasteiger partial charge in [-0.1, -0.05) is 0 Å². The van der Waals surface area contributed by atoms with Crippen LogP contribution in [-0.2, 0) is 16.1 Å². The number of hydrogen-bond donors (Lipinski definition) is 2. The first-order valence-electron chi connectivity index (χ1n) is 5.36. The highest BCUT2D eigenvalue weighted by molar-refractivity contribution is 5.81. The van der Waals surface area contributed by atoms with Gasteiger partial charge in [-0.15, -0.1) is 0 Å². The first-order chi connectivity index (χ1) is 8.31. The van der Waals surface area contributed by atoms with E-state index in [1.807, 2.05) is 0 Å². The zero-order valence-corrected chi connectivity index (χ0v) is 10.4. The number of carbonyl (C=O) groups is 2. The summed E-state index contributed by atoms with van der Waals surface area (Å²) in [6.45, 7) is 4.44. The lowest BCUT2D eigenvalue weighted by atomic mass is 10.2. The van der Waals surface area contributed by atoms with E-state index in [0.29, 0.717) is 11.4 Å². The maximum atomic E-state index is 11.7. The van der Waals surface area contributed by atoms with Crippen LogP contribution in [0.1, 0.15) is 18.3 Å². The van der Waals surface area contributed by atoms with E-state index < -0.39 is 23.6 Å². The van der Waals surface area contributed by atoms with Crippen molar-refractivity contribution in [2.24, 2.45) is 0 Å². The highest BCUT2D eigenvalue weighted by Crippen LogP contribution is 1.99. The summed E-state index contributed by atoms with van der Waals surface area (Å²) in [7, 11) is 0. The number of rotatable bonds is 4. The van der Waals surface area contributed by atoms with Gasteiger partial charge in [-0.05, 0) is 19.9 Å². The summed E-state index contributed by atoms with van der Waals surface area (Å²) in [4.78, 5) is 37.3. The Morgan fingerprint density at radius 1 is 1.50 bits per heavy atom. The lowest BCUT2D eigenvalue weighted by Crippen LogP contribution is -2.45. The number of carboxylic acid groups (broad SMARTS) is 1. The number of carbonyl (C=O) groups excluding carboxylic acids is 1. The van der Waals surface area contributed by atoms with Gasteiger partial charge in [0, 0.05) is 18.3 Å². The van der Waals surface area contributed by atoms with Gasteiger partial charge in [0.15, 0.2) is 0 Å². The van der Waals surface area contributed by atoms with Gasteiger partial charge >= 0.3 is 11.7 Å². The highest BCUT2D eigenvalue weighted by Gasteiger charge is 2.20. The molecule has 2 N–H and O–H groups in total. The molecule has 1 aromatic heterocycles. The topological polar surface area (TPSA) is 101 Å². The third kappa shape index (κ3) is 3.41. The summed E-state index contributed by atoms with van der Waals surface area (Å²) in [5.74, 6) is -1.66. The average molecular weight is 253 g/mol. The molecule has 0 aliphatic rings. The van der Waals surface area contributed by atoms with E-state index in [0.717, 1.165) is 0 Å². The molecule has 1 atom stereocenters. The second kappa shape index (κ2) is 5.44. The minimum atomic E-state index is -1.20. The Morgan fingerprint density at radius 2 is 2.11 bits per heavy atom. The van der Waals surface area contributed by atoms with Crippen LogP contribution in [0.25, 0.3) is 0 Å². The predicted octanol–water partition coefficient (Wildman–Crippen LogP) is -0.551. The largest absolute Gasteiger partial charge is 0.480 e. The summed E-state index contributed by atoms with van der Waals surface area (Å²) in [5.41, 5.74) is 0.647. The number of aromatic nitrogens is 2. The molecular formula is C11H15N3O4. The van der Waals surface area contributed by atoms with Gasteiger partial charge in [0.05, 0.1) is 6.54 Å². The minimum absolute atomic E-state index is 0.146. The van der Waals surface area contributed by atoms with Crippen LogP contribution in [-0.4, -0.2) is 32.6 Å². The number of aliphatic carboxylic acids is 1. The molecule has 7 heteroatoms. The second-order valence-electron chi connectivity index (χ2n) is 4.02. The number of amides is 1. The van der Waals surface area contributed by atoms with Gasteiger partial charge < -0.3 is 10.4 Å². The molecule has 1 heterocycles. The fourth-order valence-electron chi connectivity index (χ4n) is 1.61. The Morgan fingerprint density at radius 3 is 2.56 bits per heavy atom. The van der Waals surface area contributed by atoms with Crippen molar-refractivity contribution in [2.75, 3.05) is 0 Å². The third-order valence-corrected chi connectivity index (χ3v) is 2.39. The summed E-state index contributed by atoms with van der Waals surface area (Å²) in [6, 6.07) is 0.525. The lowest BCUT2D eigenvalue weighted by molar-refractivity contribution is -0.142. The molecule has 0 fully saturated rings. The zero-order valence-electron chi connectivity index (χ0n) is 10.4. The van der Waals surface area contributed by atoms with Crippen LogP contribution < -0.4 is 11.0 Å². The molecule has 0 radical (unpaired) electrons. The van der Waals surface area contributed by atoms with Gasteiger partial charge in [-0.2, -0.15) is 4.98 Å². The van der Waals surface area contributed by atoms with E-state index in [9.17, 15) is 14.4 Å². The molecule has 1 amide bonds. The van der Waals surface area contributed by atoms with Crippen molar-refractivity contribution in [1.82, 2.24) is 14.9 Å². The number of aryl methyl sites for hydroxylation is 2. The van der Waals surface area contributed by atoms with Crippen molar-refractivity contribution in [1.29, 1.82) is 0 Å². The van der Waals surface area contributed by atoms with Gasteiger partial charge in [0.2, 0.25) is 5.91 Å². The predicted molar refractivity (Wildman–Crippen MR) is 63.2 cm³/mol. The van der Waals surface area contributed by atoms with Gasteiger partial charge in [-0.25, -0.2) is 9.59 Å². The fraction of sp³-hybridized carbons (Fsp3) is 0.455. The molecule has 0 bridgehead atoms. The highest BCUT2D eigenvalue weighted by atomic mass is 16.4. The van der Waals surface area contributed by atoms with E-state index in [-0.39, 0.29) is 6.54 Å². The summed E-state index contributed by atoms with van der Waals surface area (Å²) in [6.07, 6.45) is 0. The Balaban J connectivity index is 3.05. The van der Waals surface area contributed by atoms with E-state index in [4.69, 9.17) is 5.11 Å². The van der Waals surface area contributed by atoms with Crippen LogP contribution in [0.15, 0.2) is 10.9 Å². The van der Waals surface area contributed by atoms with Crippen molar-refractivity contribution in [3.05, 3.63) is 27.9 Å². The van der Waals surface area contributed by atoms with Crippen molar-refractivity contribution < 1.29 is 14.7 Å². The van der Waals surface area contributed by atoms with E-state index in [2.05, 4.69) is 10.3 Å². The zero-order chi connectivity index (χ0) is 13.9. The molecule has 1 unspecified atom stereocenters. The van der Waals surface area contributed by atoms with Crippen molar-refractivity contribution in [3.63, 3.8) is 0 Å². The molecule has 1 rings (SSSR count). The van der Waals surface area contributed by atoms with Gasteiger partial charge in [-0.3, -0.25) is 9.36 Å². The maximum Gasteiger partial charge on any atom is 0.348 e. The van der Waals surface area contributed by atoms with Crippen LogP contribution in [0.3, 0.4) is 0 Å². The first-order valence-corrected chi connectivity index (χ1v) is 5.36. The standard InChI is InChI=1S/C11H15N3O4/c1-6-4-7(2)14(11(18)12-6)5-9(10(16)17)13-8(3)15/h4,9H,5H2,1-3H3,(H,13,15)(H,16,17). The van der Waals surface area contributed by atoms with Crippen molar-refractivity contribution >= 4 is 11.9 Å². The fourth-order valence-corrected chi connectivity index (χ4v) is 1.61. The number of nitrogens with one attached hydrogen (secondary N) is 1. The van der Waals surface area contributed by atoms with Crippen LogP contribution in [0.5, 0.6) is 0 Å². The molecule has 18 heavy (non-hydrogen) atoms. The Bertz CT molecular complexity index is 536. The normalized spacial score (nSPS) is 11.9. The van der Waals surface area contributed by atoms with E-state index in [1.54, 1.807) is 19.9 Å². The molecule has 0 aromatic carbocycles. The van der Waals surface area contributed by atoms with Crippen molar-refractivity contribution in [2.45, 2.75) is 33.4 Å². The van der Waals surface area contributed by atoms with E-state index >= 15 is 0 Å². The molecular weight excluding hydrogens is 238 g/mol. The van der Waals surface area contributed by atoms with Gasteiger partial charge in [0.25, 0.3) is 0 Å². The van der Waals surface area contributed by atoms with Crippen LogP contribution in [0.4, 0.5) is 0 Å². The quantitative estimate of drug-likeness (QED) is 0.749. The average Bonchev–Trinajstić information content (AvgIpc) is 2.20. The number of hydrogen-bond acceptors (Lipinski definition) is 4. The summed E-state index contributed by atoms with van der Waals surface area (Å²) >= 11 is 0. The Kier molecular flexibility index (Phi) is 4.19. The van der Waals surface area contributed by atoms with Crippen molar-refractivity contribution in [3.8, 4) is 0 Å². The smallest absolute Gasteiger partial charge is 0.348 e. The molecule has 1 aromatic rings. The monoisotopic (exact) mass is 253 g/mol. The summed E-state index contributed by atoms with van der Waals surface area (Å²) < 4.78 is 1.22. The van der Waals surface area contributed by atoms with Crippen LogP contribution in [0, 0.1) is 13.8 Å². The number of carboxylic acids is 1. The minimum Gasteiger partial charge on any atom is -0.480 e. The Hall–Kier alpha value is -2.18. The summed E-state index contributed by atoms with van der Waals surface area (Å²) in [5, 5.41) is 11.2. The molecule has 0 aliphatic heterocycles. The molecule has 98 valence electrons. The second-order valence-corrected chi connectivity index (χ2v) is 4.02. The van der Waals surface area contributed by atoms with E-state index in [1.165, 1.54) is 11.5 Å². The molecule has 0 aliphatic carbocycles. The number of nitrogens with zero attached hydrogens (tertiary/aromatic N) is 2. The molecule has 0 saturated carbocycles. The lowest BCUT2D eigenvalue weighted by Gasteiger charge is -2.16. The molecule has 0 saturated heterocycles. The van der Waals surface area contributed by atoms with Crippen LogP contribution >= 0.6 is 0 Å². The Labute approximate surface area is 103 Å².